The second-order valence-corrected chi connectivity index (χ2v) is 7.04. The Morgan fingerprint density at radius 2 is 2.07 bits per heavy atom. The summed E-state index contributed by atoms with van der Waals surface area (Å²) in [6.45, 7) is 3.03. The van der Waals surface area contributed by atoms with Gasteiger partial charge in [-0.3, -0.25) is 9.79 Å². The number of halogens is 3. The molecule has 1 saturated carbocycles. The molecule has 1 aromatic carbocycles. The van der Waals surface area contributed by atoms with Crippen molar-refractivity contribution in [2.45, 2.75) is 51.2 Å². The number of hydrogen-bond donors (Lipinski definition) is 3. The number of hydrogen-bond acceptors (Lipinski definition) is 2. The SMILES string of the molecule is CCNC(=NCCc1cccc(C(=O)NC)c1)NC1CCCC(C(F)(F)F)C1. The first-order valence-corrected chi connectivity index (χ1v) is 9.76. The van der Waals surface area contributed by atoms with E-state index in [0.29, 0.717) is 43.9 Å². The Morgan fingerprint density at radius 3 is 2.75 bits per heavy atom. The topological polar surface area (TPSA) is 65.5 Å². The molecule has 1 fully saturated rings. The fourth-order valence-electron chi connectivity index (χ4n) is 3.44. The number of aliphatic imine (C=N–C) groups is 1. The summed E-state index contributed by atoms with van der Waals surface area (Å²) in [6.07, 6.45) is -1.93. The maximum Gasteiger partial charge on any atom is 0.391 e. The third-order valence-electron chi connectivity index (χ3n) is 4.91. The van der Waals surface area contributed by atoms with Gasteiger partial charge in [-0.05, 0) is 50.3 Å². The van der Waals surface area contributed by atoms with Crippen LogP contribution in [0.1, 0.15) is 48.5 Å². The monoisotopic (exact) mass is 398 g/mol. The third-order valence-corrected chi connectivity index (χ3v) is 4.91. The molecular weight excluding hydrogens is 369 g/mol. The first-order valence-electron chi connectivity index (χ1n) is 9.76. The molecule has 0 bridgehead atoms. The van der Waals surface area contributed by atoms with Crippen LogP contribution in [0.25, 0.3) is 0 Å². The van der Waals surface area contributed by atoms with E-state index in [1.165, 1.54) is 0 Å². The van der Waals surface area contributed by atoms with Crippen LogP contribution in [0.15, 0.2) is 29.3 Å². The summed E-state index contributed by atoms with van der Waals surface area (Å²) in [4.78, 5) is 16.2. The van der Waals surface area contributed by atoms with E-state index in [-0.39, 0.29) is 24.8 Å². The molecule has 2 rings (SSSR count). The van der Waals surface area contributed by atoms with Gasteiger partial charge < -0.3 is 16.0 Å². The van der Waals surface area contributed by atoms with E-state index in [4.69, 9.17) is 0 Å². The van der Waals surface area contributed by atoms with E-state index in [1.54, 1.807) is 13.1 Å². The third kappa shape index (κ3) is 6.73. The van der Waals surface area contributed by atoms with Gasteiger partial charge in [0.05, 0.1) is 5.92 Å². The Balaban J connectivity index is 1.94. The number of rotatable bonds is 6. The van der Waals surface area contributed by atoms with Crippen molar-refractivity contribution in [3.05, 3.63) is 35.4 Å². The predicted octanol–water partition coefficient (Wildman–Crippen LogP) is 3.26. The molecule has 156 valence electrons. The minimum Gasteiger partial charge on any atom is -0.357 e. The average molecular weight is 398 g/mol. The molecular formula is C20H29F3N4O. The van der Waals surface area contributed by atoms with Crippen molar-refractivity contribution in [1.82, 2.24) is 16.0 Å². The molecule has 1 aliphatic carbocycles. The highest BCUT2D eigenvalue weighted by Crippen LogP contribution is 2.37. The van der Waals surface area contributed by atoms with Crippen LogP contribution in [-0.4, -0.2) is 44.2 Å². The number of nitrogens with zero attached hydrogens (tertiary/aromatic N) is 1. The maximum absolute atomic E-state index is 13.0. The van der Waals surface area contributed by atoms with Gasteiger partial charge in [-0.1, -0.05) is 18.6 Å². The molecule has 1 aromatic rings. The van der Waals surface area contributed by atoms with Gasteiger partial charge in [0.25, 0.3) is 5.91 Å². The number of alkyl halides is 3. The molecule has 0 heterocycles. The smallest absolute Gasteiger partial charge is 0.357 e. The lowest BCUT2D eigenvalue weighted by Gasteiger charge is -2.31. The van der Waals surface area contributed by atoms with Crippen molar-refractivity contribution in [3.8, 4) is 0 Å². The fraction of sp³-hybridized carbons (Fsp3) is 0.600. The molecule has 1 aliphatic rings. The van der Waals surface area contributed by atoms with Gasteiger partial charge in [-0.15, -0.1) is 0 Å². The molecule has 2 atom stereocenters. The number of nitrogens with one attached hydrogen (secondary N) is 3. The summed E-state index contributed by atoms with van der Waals surface area (Å²) < 4.78 is 39.0. The van der Waals surface area contributed by atoms with Gasteiger partial charge in [-0.25, -0.2) is 0 Å². The largest absolute Gasteiger partial charge is 0.391 e. The summed E-state index contributed by atoms with van der Waals surface area (Å²) in [5, 5.41) is 8.85. The molecule has 28 heavy (non-hydrogen) atoms. The first kappa shape index (κ1) is 22.0. The molecule has 0 radical (unpaired) electrons. The summed E-state index contributed by atoms with van der Waals surface area (Å²) in [7, 11) is 1.59. The van der Waals surface area contributed by atoms with Gasteiger partial charge in [0.2, 0.25) is 0 Å². The number of benzene rings is 1. The molecule has 5 nitrogen and oxygen atoms in total. The van der Waals surface area contributed by atoms with Crippen LogP contribution in [0.5, 0.6) is 0 Å². The summed E-state index contributed by atoms with van der Waals surface area (Å²) in [5.74, 6) is -0.844. The highest BCUT2D eigenvalue weighted by atomic mass is 19.4. The van der Waals surface area contributed by atoms with Crippen LogP contribution >= 0.6 is 0 Å². The number of guanidine groups is 1. The normalized spacial score (nSPS) is 20.5. The maximum atomic E-state index is 13.0. The molecule has 1 amide bonds. The minimum absolute atomic E-state index is 0.0854. The predicted molar refractivity (Wildman–Crippen MR) is 104 cm³/mol. The van der Waals surface area contributed by atoms with Gasteiger partial charge in [-0.2, -0.15) is 13.2 Å². The Morgan fingerprint density at radius 1 is 1.29 bits per heavy atom. The Kier molecular flexibility index (Phi) is 8.14. The Labute approximate surface area is 164 Å². The first-order chi connectivity index (χ1) is 13.3. The summed E-state index contributed by atoms with van der Waals surface area (Å²) in [5.41, 5.74) is 1.57. The van der Waals surface area contributed by atoms with Gasteiger partial charge in [0.15, 0.2) is 5.96 Å². The van der Waals surface area contributed by atoms with E-state index in [0.717, 1.165) is 5.56 Å². The number of amides is 1. The van der Waals surface area contributed by atoms with Crippen LogP contribution in [0.2, 0.25) is 0 Å². The molecule has 3 N–H and O–H groups in total. The van der Waals surface area contributed by atoms with E-state index in [2.05, 4.69) is 20.9 Å². The van der Waals surface area contributed by atoms with E-state index in [1.807, 2.05) is 25.1 Å². The average Bonchev–Trinajstić information content (AvgIpc) is 2.67. The Hall–Kier alpha value is -2.25. The lowest BCUT2D eigenvalue weighted by molar-refractivity contribution is -0.183. The van der Waals surface area contributed by atoms with Gasteiger partial charge in [0, 0.05) is 31.7 Å². The van der Waals surface area contributed by atoms with Crippen LogP contribution < -0.4 is 16.0 Å². The second kappa shape index (κ2) is 10.3. The van der Waals surface area contributed by atoms with Gasteiger partial charge >= 0.3 is 6.18 Å². The molecule has 0 aliphatic heterocycles. The number of carbonyl (C=O) groups is 1. The van der Waals surface area contributed by atoms with E-state index in [9.17, 15) is 18.0 Å². The Bertz CT molecular complexity index is 676. The lowest BCUT2D eigenvalue weighted by atomic mass is 9.85. The standard InChI is InChI=1S/C20H29F3N4O/c1-3-25-19(27-17-9-5-8-16(13-17)20(21,22)23)26-11-10-14-6-4-7-15(12-14)18(28)24-2/h4,6-7,12,16-17H,3,5,8-11,13H2,1-2H3,(H,24,28)(H2,25,26,27). The van der Waals surface area contributed by atoms with Crippen molar-refractivity contribution >= 4 is 11.9 Å². The highest BCUT2D eigenvalue weighted by molar-refractivity contribution is 5.94. The van der Waals surface area contributed by atoms with Gasteiger partial charge in [0.1, 0.15) is 0 Å². The van der Waals surface area contributed by atoms with Crippen molar-refractivity contribution in [2.75, 3.05) is 20.1 Å². The van der Waals surface area contributed by atoms with Crippen LogP contribution in [0.4, 0.5) is 13.2 Å². The molecule has 0 aromatic heterocycles. The summed E-state index contributed by atoms with van der Waals surface area (Å²) >= 11 is 0. The van der Waals surface area contributed by atoms with E-state index < -0.39 is 12.1 Å². The van der Waals surface area contributed by atoms with E-state index >= 15 is 0 Å². The van der Waals surface area contributed by atoms with Crippen LogP contribution in [-0.2, 0) is 6.42 Å². The second-order valence-electron chi connectivity index (χ2n) is 7.04. The highest BCUT2D eigenvalue weighted by Gasteiger charge is 2.42. The summed E-state index contributed by atoms with van der Waals surface area (Å²) in [6, 6.07) is 7.10. The van der Waals surface area contributed by atoms with Crippen molar-refractivity contribution in [3.63, 3.8) is 0 Å². The van der Waals surface area contributed by atoms with Crippen molar-refractivity contribution < 1.29 is 18.0 Å². The fourth-order valence-corrected chi connectivity index (χ4v) is 3.44. The van der Waals surface area contributed by atoms with Crippen molar-refractivity contribution in [1.29, 1.82) is 0 Å². The molecule has 0 saturated heterocycles. The zero-order valence-electron chi connectivity index (χ0n) is 16.4. The molecule has 2 unspecified atom stereocenters. The molecule has 0 spiro atoms. The van der Waals surface area contributed by atoms with Crippen molar-refractivity contribution in [2.24, 2.45) is 10.9 Å². The zero-order valence-corrected chi connectivity index (χ0v) is 16.4. The number of carbonyl (C=O) groups excluding carboxylic acids is 1. The van der Waals surface area contributed by atoms with Crippen LogP contribution in [0, 0.1) is 5.92 Å². The molecule has 8 heteroatoms. The van der Waals surface area contributed by atoms with Crippen LogP contribution in [0.3, 0.4) is 0 Å². The minimum atomic E-state index is -4.13. The quantitative estimate of drug-likeness (QED) is 0.509. The lowest BCUT2D eigenvalue weighted by Crippen LogP contribution is -2.46. The zero-order chi connectivity index (χ0) is 20.6.